The Hall–Kier alpha value is -3.49. The monoisotopic (exact) mass is 419 g/mol. The Morgan fingerprint density at radius 2 is 1.77 bits per heavy atom. The number of nitrogens with zero attached hydrogens (tertiary/aromatic N) is 2. The highest BCUT2D eigenvalue weighted by atomic mass is 16.5. The van der Waals surface area contributed by atoms with Gasteiger partial charge in [0.15, 0.2) is 0 Å². The quantitative estimate of drug-likeness (QED) is 0.499. The highest BCUT2D eigenvalue weighted by Gasteiger charge is 2.41. The summed E-state index contributed by atoms with van der Waals surface area (Å²) in [6, 6.07) is 13.1. The molecule has 0 atom stereocenters. The van der Waals surface area contributed by atoms with E-state index >= 15 is 0 Å². The lowest BCUT2D eigenvalue weighted by atomic mass is 9.73. The number of rotatable bonds is 5. The van der Waals surface area contributed by atoms with E-state index in [1.807, 2.05) is 30.3 Å². The zero-order valence-corrected chi connectivity index (χ0v) is 17.0. The molecule has 4 rings (SSSR count). The molecule has 0 bridgehead atoms. The van der Waals surface area contributed by atoms with Gasteiger partial charge in [0.05, 0.1) is 23.9 Å². The van der Waals surface area contributed by atoms with E-state index in [1.165, 1.54) is 6.20 Å². The molecule has 2 aromatic heterocycles. The Kier molecular flexibility index (Phi) is 5.83. The van der Waals surface area contributed by atoms with E-state index in [0.29, 0.717) is 48.9 Å². The zero-order valence-electron chi connectivity index (χ0n) is 17.0. The maximum absolute atomic E-state index is 13.4. The van der Waals surface area contributed by atoms with Gasteiger partial charge in [-0.3, -0.25) is 4.79 Å². The van der Waals surface area contributed by atoms with Crippen LogP contribution in [0.4, 0.5) is 17.3 Å². The molecule has 31 heavy (non-hydrogen) atoms. The molecule has 0 radical (unpaired) electrons. The molecular formula is C23H25N5O3. The number of ether oxygens (including phenoxy) is 1. The maximum atomic E-state index is 13.4. The third-order valence-electron chi connectivity index (χ3n) is 5.75. The van der Waals surface area contributed by atoms with Gasteiger partial charge < -0.3 is 26.6 Å². The van der Waals surface area contributed by atoms with E-state index in [9.17, 15) is 9.90 Å². The number of pyridine rings is 2. The third-order valence-corrected chi connectivity index (χ3v) is 5.75. The van der Waals surface area contributed by atoms with Crippen molar-refractivity contribution in [3.05, 3.63) is 66.0 Å². The smallest absolute Gasteiger partial charge is 0.236 e. The average Bonchev–Trinajstić information content (AvgIpc) is 2.81. The van der Waals surface area contributed by atoms with Gasteiger partial charge in [0.1, 0.15) is 11.6 Å². The fraction of sp³-hybridized carbons (Fsp3) is 0.261. The van der Waals surface area contributed by atoms with Crippen molar-refractivity contribution in [2.45, 2.75) is 24.9 Å². The first kappa shape index (κ1) is 20.8. The minimum absolute atomic E-state index is 0.113. The molecule has 1 saturated heterocycles. The fourth-order valence-electron chi connectivity index (χ4n) is 3.87. The molecule has 1 aliphatic rings. The first-order valence-electron chi connectivity index (χ1n) is 10.1. The van der Waals surface area contributed by atoms with Gasteiger partial charge in [-0.1, -0.05) is 24.3 Å². The molecule has 1 aromatic carbocycles. The molecule has 0 aliphatic carbocycles. The standard InChI is InChI=1S/C23H25N5O3/c24-19-5-6-20(26-13-19)28-22(30)23(7-9-31-10-8-23)18-3-1-15(2-4-18)16-11-17(14-29)21(25)27-12-16/h1-6,11-13,29H,7-10,14,24H2,(H2,25,27)(H,26,28,30). The number of nitrogen functional groups attached to an aromatic ring is 2. The largest absolute Gasteiger partial charge is 0.397 e. The average molecular weight is 419 g/mol. The van der Waals surface area contributed by atoms with Gasteiger partial charge in [-0.25, -0.2) is 9.97 Å². The topological polar surface area (TPSA) is 136 Å². The summed E-state index contributed by atoms with van der Waals surface area (Å²) in [5.41, 5.74) is 14.6. The molecule has 1 aliphatic heterocycles. The Labute approximate surface area is 180 Å². The molecule has 6 N–H and O–H groups in total. The SMILES string of the molecule is Nc1ccc(NC(=O)C2(c3ccc(-c4cnc(N)c(CO)c4)cc3)CCOCC2)nc1. The predicted octanol–water partition coefficient (Wildman–Crippen LogP) is 2.49. The number of aliphatic hydroxyl groups excluding tert-OH is 1. The summed E-state index contributed by atoms with van der Waals surface area (Å²) in [5.74, 6) is 0.667. The van der Waals surface area contributed by atoms with Crippen molar-refractivity contribution in [2.24, 2.45) is 0 Å². The molecular weight excluding hydrogens is 394 g/mol. The van der Waals surface area contributed by atoms with E-state index in [2.05, 4.69) is 15.3 Å². The number of carbonyl (C=O) groups is 1. The number of anilines is 3. The van der Waals surface area contributed by atoms with Crippen molar-refractivity contribution in [1.29, 1.82) is 0 Å². The summed E-state index contributed by atoms with van der Waals surface area (Å²) in [6.07, 6.45) is 4.34. The van der Waals surface area contributed by atoms with Crippen LogP contribution in [0.15, 0.2) is 54.9 Å². The number of hydrogen-bond donors (Lipinski definition) is 4. The first-order chi connectivity index (χ1) is 15.0. The number of aromatic nitrogens is 2. The first-order valence-corrected chi connectivity index (χ1v) is 10.1. The van der Waals surface area contributed by atoms with E-state index in [4.69, 9.17) is 16.2 Å². The van der Waals surface area contributed by atoms with Gasteiger partial charge in [-0.2, -0.15) is 0 Å². The van der Waals surface area contributed by atoms with Crippen molar-refractivity contribution >= 4 is 23.2 Å². The number of benzene rings is 1. The van der Waals surface area contributed by atoms with Crippen molar-refractivity contribution in [2.75, 3.05) is 30.0 Å². The molecule has 3 heterocycles. The Morgan fingerprint density at radius 1 is 1.03 bits per heavy atom. The molecule has 8 heteroatoms. The van der Waals surface area contributed by atoms with E-state index < -0.39 is 5.41 Å². The molecule has 3 aromatic rings. The minimum Gasteiger partial charge on any atom is -0.397 e. The normalized spacial score (nSPS) is 15.4. The number of amides is 1. The highest BCUT2D eigenvalue weighted by molar-refractivity contribution is 5.98. The van der Waals surface area contributed by atoms with Gasteiger partial charge in [-0.15, -0.1) is 0 Å². The van der Waals surface area contributed by atoms with Gasteiger partial charge in [-0.05, 0) is 42.2 Å². The van der Waals surface area contributed by atoms with Crippen LogP contribution in [0.2, 0.25) is 0 Å². The van der Waals surface area contributed by atoms with Gasteiger partial charge >= 0.3 is 0 Å². The Balaban J connectivity index is 1.63. The highest BCUT2D eigenvalue weighted by Crippen LogP contribution is 2.37. The van der Waals surface area contributed by atoms with Crippen molar-refractivity contribution in [1.82, 2.24) is 9.97 Å². The van der Waals surface area contributed by atoms with Gasteiger partial charge in [0.25, 0.3) is 0 Å². The summed E-state index contributed by atoms with van der Waals surface area (Å²) >= 11 is 0. The van der Waals surface area contributed by atoms with Crippen LogP contribution in [0.1, 0.15) is 24.0 Å². The van der Waals surface area contributed by atoms with Crippen LogP contribution in [0.25, 0.3) is 11.1 Å². The third kappa shape index (κ3) is 4.21. The zero-order chi connectivity index (χ0) is 21.8. The van der Waals surface area contributed by atoms with Gasteiger partial charge in [0, 0.05) is 30.5 Å². The van der Waals surface area contributed by atoms with Crippen LogP contribution in [-0.2, 0) is 21.6 Å². The molecule has 0 saturated carbocycles. The van der Waals surface area contributed by atoms with Crippen LogP contribution in [0, 0.1) is 0 Å². The van der Waals surface area contributed by atoms with Crippen molar-refractivity contribution in [3.8, 4) is 11.1 Å². The van der Waals surface area contributed by atoms with Crippen LogP contribution in [0.5, 0.6) is 0 Å². The van der Waals surface area contributed by atoms with E-state index in [0.717, 1.165) is 16.7 Å². The summed E-state index contributed by atoms with van der Waals surface area (Å²) in [7, 11) is 0. The van der Waals surface area contributed by atoms with E-state index in [1.54, 1.807) is 18.3 Å². The predicted molar refractivity (Wildman–Crippen MR) is 119 cm³/mol. The Morgan fingerprint density at radius 3 is 2.42 bits per heavy atom. The van der Waals surface area contributed by atoms with Crippen LogP contribution in [0.3, 0.4) is 0 Å². The fourth-order valence-corrected chi connectivity index (χ4v) is 3.87. The molecule has 0 spiro atoms. The summed E-state index contributed by atoms with van der Waals surface area (Å²) in [6.45, 7) is 0.839. The van der Waals surface area contributed by atoms with Crippen LogP contribution < -0.4 is 16.8 Å². The summed E-state index contributed by atoms with van der Waals surface area (Å²) < 4.78 is 5.54. The Bertz CT molecular complexity index is 1060. The molecule has 0 unspecified atom stereocenters. The summed E-state index contributed by atoms with van der Waals surface area (Å²) in [4.78, 5) is 21.7. The molecule has 8 nitrogen and oxygen atoms in total. The number of hydrogen-bond acceptors (Lipinski definition) is 7. The number of nitrogens with two attached hydrogens (primary N) is 2. The van der Waals surface area contributed by atoms with Crippen LogP contribution in [-0.4, -0.2) is 34.2 Å². The number of aliphatic hydroxyl groups is 1. The second-order valence-electron chi connectivity index (χ2n) is 7.63. The number of carbonyl (C=O) groups excluding carboxylic acids is 1. The minimum atomic E-state index is -0.713. The molecule has 1 fully saturated rings. The van der Waals surface area contributed by atoms with Gasteiger partial charge in [0.2, 0.25) is 5.91 Å². The van der Waals surface area contributed by atoms with Crippen molar-refractivity contribution in [3.63, 3.8) is 0 Å². The maximum Gasteiger partial charge on any atom is 0.236 e. The second-order valence-corrected chi connectivity index (χ2v) is 7.63. The molecule has 1 amide bonds. The van der Waals surface area contributed by atoms with E-state index in [-0.39, 0.29) is 12.5 Å². The summed E-state index contributed by atoms with van der Waals surface area (Å²) in [5, 5.41) is 12.4. The van der Waals surface area contributed by atoms with Crippen LogP contribution >= 0.6 is 0 Å². The number of nitrogens with one attached hydrogen (secondary N) is 1. The second kappa shape index (κ2) is 8.71. The van der Waals surface area contributed by atoms with Crippen molar-refractivity contribution < 1.29 is 14.6 Å². The molecule has 160 valence electrons. The lowest BCUT2D eigenvalue weighted by Crippen LogP contribution is -2.45. The lowest BCUT2D eigenvalue weighted by molar-refractivity contribution is -0.125. The lowest BCUT2D eigenvalue weighted by Gasteiger charge is -2.36.